The molecule has 0 bridgehead atoms. The first-order chi connectivity index (χ1) is 8.81. The van der Waals surface area contributed by atoms with E-state index >= 15 is 0 Å². The van der Waals surface area contributed by atoms with Gasteiger partial charge in [0.1, 0.15) is 10.6 Å². The normalized spacial score (nSPS) is 10.6. The van der Waals surface area contributed by atoms with Crippen LogP contribution in [0.5, 0.6) is 5.75 Å². The maximum Gasteiger partial charge on any atom is 0.387 e. The lowest BCUT2D eigenvalue weighted by Gasteiger charge is -2.15. The van der Waals surface area contributed by atoms with Gasteiger partial charge >= 0.3 is 12.6 Å². The van der Waals surface area contributed by atoms with Crippen molar-refractivity contribution in [2.45, 2.75) is 20.0 Å². The number of amides is 1. The van der Waals surface area contributed by atoms with Gasteiger partial charge in [-0.25, -0.2) is 0 Å². The predicted molar refractivity (Wildman–Crippen MR) is 64.9 cm³/mol. The summed E-state index contributed by atoms with van der Waals surface area (Å²) in [5.74, 6) is -1.74. The van der Waals surface area contributed by atoms with Gasteiger partial charge in [-0.1, -0.05) is 0 Å². The van der Waals surface area contributed by atoms with Crippen LogP contribution >= 0.6 is 11.3 Å². The molecule has 1 amide bonds. The molecule has 0 radical (unpaired) electrons. The monoisotopic (exact) mass is 293 g/mol. The molecule has 0 atom stereocenters. The van der Waals surface area contributed by atoms with Gasteiger partial charge in [-0.05, 0) is 13.0 Å². The lowest BCUT2D eigenvalue weighted by molar-refractivity contribution is -0.137. The number of carbonyl (C=O) groups excluding carboxylic acids is 1. The second-order valence-electron chi connectivity index (χ2n) is 3.80. The van der Waals surface area contributed by atoms with Gasteiger partial charge in [-0.15, -0.1) is 11.3 Å². The smallest absolute Gasteiger partial charge is 0.387 e. The highest BCUT2D eigenvalue weighted by molar-refractivity contribution is 7.14. The Kier molecular flexibility index (Phi) is 5.22. The molecule has 0 fully saturated rings. The number of halogens is 2. The molecule has 0 unspecified atom stereocenters. The SMILES string of the molecule is Cc1cc(OC(F)F)c(C(=O)N(C)CCC(=O)O)s1. The van der Waals surface area contributed by atoms with E-state index in [0.717, 1.165) is 16.2 Å². The summed E-state index contributed by atoms with van der Waals surface area (Å²) in [6, 6.07) is 1.36. The van der Waals surface area contributed by atoms with E-state index in [2.05, 4.69) is 4.74 Å². The summed E-state index contributed by atoms with van der Waals surface area (Å²) in [6.45, 7) is -1.35. The molecule has 0 spiro atoms. The Morgan fingerprint density at radius 1 is 1.53 bits per heavy atom. The van der Waals surface area contributed by atoms with Crippen LogP contribution < -0.4 is 4.74 Å². The van der Waals surface area contributed by atoms with Crippen LogP contribution in [0.25, 0.3) is 0 Å². The lowest BCUT2D eigenvalue weighted by Crippen LogP contribution is -2.28. The molecular weight excluding hydrogens is 280 g/mol. The van der Waals surface area contributed by atoms with Gasteiger partial charge in [0.25, 0.3) is 5.91 Å². The van der Waals surface area contributed by atoms with E-state index in [9.17, 15) is 18.4 Å². The number of hydrogen-bond donors (Lipinski definition) is 1. The molecule has 0 aliphatic heterocycles. The molecule has 8 heteroatoms. The van der Waals surface area contributed by atoms with Crippen LogP contribution in [0, 0.1) is 6.92 Å². The quantitative estimate of drug-likeness (QED) is 0.873. The third-order valence-corrected chi connectivity index (χ3v) is 3.26. The summed E-state index contributed by atoms with van der Waals surface area (Å²) in [5, 5.41) is 8.53. The zero-order valence-corrected chi connectivity index (χ0v) is 11.2. The molecular formula is C11H13F2NO4S. The number of nitrogens with zero attached hydrogens (tertiary/aromatic N) is 1. The van der Waals surface area contributed by atoms with Crippen LogP contribution in [0.4, 0.5) is 8.78 Å². The highest BCUT2D eigenvalue weighted by Gasteiger charge is 2.22. The molecule has 1 N–H and O–H groups in total. The van der Waals surface area contributed by atoms with Crippen LogP contribution in [-0.4, -0.2) is 42.1 Å². The molecule has 1 heterocycles. The Morgan fingerprint density at radius 2 is 2.16 bits per heavy atom. The van der Waals surface area contributed by atoms with Gasteiger partial charge < -0.3 is 14.7 Å². The molecule has 1 aromatic rings. The second kappa shape index (κ2) is 6.46. The number of thiophene rings is 1. The minimum atomic E-state index is -3.01. The molecule has 0 saturated heterocycles. The summed E-state index contributed by atoms with van der Waals surface area (Å²) in [6.07, 6.45) is -0.211. The summed E-state index contributed by atoms with van der Waals surface area (Å²) >= 11 is 1.03. The van der Waals surface area contributed by atoms with Crippen LogP contribution in [0.2, 0.25) is 0 Å². The van der Waals surface area contributed by atoms with E-state index in [1.54, 1.807) is 6.92 Å². The molecule has 0 aromatic carbocycles. The van der Waals surface area contributed by atoms with Crippen LogP contribution in [0.15, 0.2) is 6.07 Å². The van der Waals surface area contributed by atoms with Crippen molar-refractivity contribution in [3.8, 4) is 5.75 Å². The fraction of sp³-hybridized carbons (Fsp3) is 0.455. The highest BCUT2D eigenvalue weighted by Crippen LogP contribution is 2.31. The van der Waals surface area contributed by atoms with Gasteiger partial charge in [0.2, 0.25) is 0 Å². The Labute approximate surface area is 112 Å². The Morgan fingerprint density at radius 3 is 2.68 bits per heavy atom. The number of aryl methyl sites for hydroxylation is 1. The van der Waals surface area contributed by atoms with Crippen LogP contribution in [0.1, 0.15) is 21.0 Å². The van der Waals surface area contributed by atoms with Crippen molar-refractivity contribution in [3.63, 3.8) is 0 Å². The number of ether oxygens (including phenoxy) is 1. The number of carboxylic acid groups (broad SMARTS) is 1. The topological polar surface area (TPSA) is 66.8 Å². The number of alkyl halides is 2. The summed E-state index contributed by atoms with van der Waals surface area (Å²) in [4.78, 5) is 24.3. The first-order valence-corrected chi connectivity index (χ1v) is 6.15. The largest absolute Gasteiger partial charge is 0.481 e. The van der Waals surface area contributed by atoms with E-state index in [1.807, 2.05) is 0 Å². The Balaban J connectivity index is 2.83. The lowest BCUT2D eigenvalue weighted by atomic mass is 10.3. The molecule has 0 saturated carbocycles. The fourth-order valence-electron chi connectivity index (χ4n) is 1.36. The maximum absolute atomic E-state index is 12.2. The van der Waals surface area contributed by atoms with Gasteiger partial charge in [-0.2, -0.15) is 8.78 Å². The van der Waals surface area contributed by atoms with E-state index in [4.69, 9.17) is 5.11 Å². The zero-order valence-electron chi connectivity index (χ0n) is 10.4. The van der Waals surface area contributed by atoms with Crippen molar-refractivity contribution in [1.29, 1.82) is 0 Å². The van der Waals surface area contributed by atoms with Crippen LogP contribution in [-0.2, 0) is 4.79 Å². The van der Waals surface area contributed by atoms with Crippen molar-refractivity contribution in [1.82, 2.24) is 4.90 Å². The first-order valence-electron chi connectivity index (χ1n) is 5.33. The zero-order chi connectivity index (χ0) is 14.6. The minimum Gasteiger partial charge on any atom is -0.481 e. The van der Waals surface area contributed by atoms with Crippen molar-refractivity contribution in [3.05, 3.63) is 15.8 Å². The highest BCUT2D eigenvalue weighted by atomic mass is 32.1. The summed E-state index contributed by atoms with van der Waals surface area (Å²) < 4.78 is 28.7. The number of carboxylic acids is 1. The van der Waals surface area contributed by atoms with E-state index in [0.29, 0.717) is 4.88 Å². The van der Waals surface area contributed by atoms with E-state index in [-0.39, 0.29) is 23.6 Å². The number of aliphatic carboxylic acids is 1. The van der Waals surface area contributed by atoms with Crippen molar-refractivity contribution < 1.29 is 28.2 Å². The predicted octanol–water partition coefficient (Wildman–Crippen LogP) is 2.20. The summed E-state index contributed by atoms with van der Waals surface area (Å²) in [5.41, 5.74) is 0. The van der Waals surface area contributed by atoms with Gasteiger partial charge in [0.15, 0.2) is 0 Å². The van der Waals surface area contributed by atoms with E-state index < -0.39 is 18.5 Å². The molecule has 0 aliphatic rings. The standard InChI is InChI=1S/C11H13F2NO4S/c1-6-5-7(18-11(12)13)9(19-6)10(17)14(2)4-3-8(15)16/h5,11H,3-4H2,1-2H3,(H,15,16). The van der Waals surface area contributed by atoms with E-state index in [1.165, 1.54) is 13.1 Å². The molecule has 19 heavy (non-hydrogen) atoms. The number of carbonyl (C=O) groups is 2. The fourth-order valence-corrected chi connectivity index (χ4v) is 2.30. The van der Waals surface area contributed by atoms with Crippen molar-refractivity contribution >= 4 is 23.2 Å². The van der Waals surface area contributed by atoms with Gasteiger partial charge in [0.05, 0.1) is 6.42 Å². The average molecular weight is 293 g/mol. The minimum absolute atomic E-state index is 0.000761. The number of hydrogen-bond acceptors (Lipinski definition) is 4. The third kappa shape index (κ3) is 4.47. The van der Waals surface area contributed by atoms with Crippen molar-refractivity contribution in [2.75, 3.05) is 13.6 Å². The number of rotatable bonds is 6. The molecule has 0 aliphatic carbocycles. The molecule has 1 aromatic heterocycles. The molecule has 5 nitrogen and oxygen atoms in total. The van der Waals surface area contributed by atoms with Gasteiger partial charge in [-0.3, -0.25) is 9.59 Å². The van der Waals surface area contributed by atoms with Crippen molar-refractivity contribution in [2.24, 2.45) is 0 Å². The first kappa shape index (κ1) is 15.4. The summed E-state index contributed by atoms with van der Waals surface area (Å²) in [7, 11) is 1.41. The third-order valence-electron chi connectivity index (χ3n) is 2.24. The Bertz CT molecular complexity index is 475. The second-order valence-corrected chi connectivity index (χ2v) is 5.06. The van der Waals surface area contributed by atoms with Crippen LogP contribution in [0.3, 0.4) is 0 Å². The Hall–Kier alpha value is -1.70. The average Bonchev–Trinajstić information content (AvgIpc) is 2.65. The molecule has 1 rings (SSSR count). The van der Waals surface area contributed by atoms with Gasteiger partial charge in [0, 0.05) is 18.5 Å². The maximum atomic E-state index is 12.2. The molecule has 106 valence electrons.